The summed E-state index contributed by atoms with van der Waals surface area (Å²) in [7, 11) is 0. The highest BCUT2D eigenvalue weighted by Gasteiger charge is 2.44. The molecular weight excluding hydrogens is 330 g/mol. The van der Waals surface area contributed by atoms with E-state index in [-0.39, 0.29) is 12.5 Å². The zero-order valence-electron chi connectivity index (χ0n) is 14.9. The largest absolute Gasteiger partial charge is 0.484 e. The van der Waals surface area contributed by atoms with E-state index in [4.69, 9.17) is 14.2 Å². The molecule has 5 heteroatoms. The summed E-state index contributed by atoms with van der Waals surface area (Å²) >= 11 is 0. The lowest BCUT2D eigenvalue weighted by atomic mass is 10.2. The number of carbonyl (C=O) groups is 1. The molecule has 0 saturated heterocycles. The third-order valence-corrected chi connectivity index (χ3v) is 4.89. The minimum absolute atomic E-state index is 0.0378. The van der Waals surface area contributed by atoms with Gasteiger partial charge in [-0.1, -0.05) is 19.1 Å². The number of nitrogens with one attached hydrogen (secondary N) is 1. The quantitative estimate of drug-likeness (QED) is 0.870. The van der Waals surface area contributed by atoms with E-state index < -0.39 is 5.79 Å². The van der Waals surface area contributed by atoms with Gasteiger partial charge >= 0.3 is 0 Å². The smallest absolute Gasteiger partial charge is 0.262 e. The lowest BCUT2D eigenvalue weighted by molar-refractivity contribution is -0.118. The fourth-order valence-electron chi connectivity index (χ4n) is 3.46. The van der Waals surface area contributed by atoms with Crippen LogP contribution in [-0.2, 0) is 11.2 Å². The van der Waals surface area contributed by atoms with E-state index in [1.54, 1.807) is 0 Å². The normalized spacial score (nSPS) is 16.7. The van der Waals surface area contributed by atoms with Crippen LogP contribution in [0.5, 0.6) is 17.2 Å². The molecule has 1 heterocycles. The van der Waals surface area contributed by atoms with E-state index in [1.807, 2.05) is 42.5 Å². The first-order valence-corrected chi connectivity index (χ1v) is 9.19. The van der Waals surface area contributed by atoms with Gasteiger partial charge in [0.15, 0.2) is 18.1 Å². The van der Waals surface area contributed by atoms with Crippen LogP contribution in [0.25, 0.3) is 0 Å². The Morgan fingerprint density at radius 1 is 1.08 bits per heavy atom. The zero-order chi connectivity index (χ0) is 18.0. The predicted molar refractivity (Wildman–Crippen MR) is 98.8 cm³/mol. The minimum atomic E-state index is -0.487. The van der Waals surface area contributed by atoms with E-state index in [0.29, 0.717) is 17.2 Å². The number of rotatable bonds is 5. The standard InChI is InChI=1S/C21H23NO4/c1-2-15-5-8-17(9-6-15)24-14-20(23)22-16-7-10-18-19(13-16)26-21(25-18)11-3-4-12-21/h5-10,13H,2-4,11-12,14H2,1H3,(H,22,23). The summed E-state index contributed by atoms with van der Waals surface area (Å²) in [6.45, 7) is 2.06. The monoisotopic (exact) mass is 353 g/mol. The number of aryl methyl sites for hydroxylation is 1. The molecule has 136 valence electrons. The van der Waals surface area contributed by atoms with Gasteiger partial charge in [0.2, 0.25) is 0 Å². The molecule has 2 aromatic rings. The molecule has 1 N–H and O–H groups in total. The van der Waals surface area contributed by atoms with E-state index in [1.165, 1.54) is 5.56 Å². The summed E-state index contributed by atoms with van der Waals surface area (Å²) in [6, 6.07) is 13.3. The lowest BCUT2D eigenvalue weighted by Gasteiger charge is -2.21. The molecule has 1 saturated carbocycles. The van der Waals surface area contributed by atoms with Gasteiger partial charge in [-0.15, -0.1) is 0 Å². The van der Waals surface area contributed by atoms with E-state index in [2.05, 4.69) is 12.2 Å². The molecule has 0 aromatic heterocycles. The first kappa shape index (κ1) is 16.8. The summed E-state index contributed by atoms with van der Waals surface area (Å²) in [5.41, 5.74) is 1.92. The van der Waals surface area contributed by atoms with Crippen molar-refractivity contribution in [2.24, 2.45) is 0 Å². The van der Waals surface area contributed by atoms with Crippen molar-refractivity contribution in [2.75, 3.05) is 11.9 Å². The van der Waals surface area contributed by atoms with Gasteiger partial charge in [0.05, 0.1) is 0 Å². The predicted octanol–water partition coefficient (Wildman–Crippen LogP) is 4.31. The Bertz CT molecular complexity index is 794. The van der Waals surface area contributed by atoms with Crippen LogP contribution in [0, 0.1) is 0 Å². The van der Waals surface area contributed by atoms with Crippen LogP contribution < -0.4 is 19.5 Å². The molecule has 0 atom stereocenters. The van der Waals surface area contributed by atoms with Gasteiger partial charge in [-0.3, -0.25) is 4.79 Å². The third-order valence-electron chi connectivity index (χ3n) is 4.89. The average Bonchev–Trinajstić information content (AvgIpc) is 3.26. The summed E-state index contributed by atoms with van der Waals surface area (Å²) < 4.78 is 17.5. The van der Waals surface area contributed by atoms with Crippen molar-refractivity contribution in [1.29, 1.82) is 0 Å². The second-order valence-corrected chi connectivity index (χ2v) is 6.82. The molecule has 1 fully saturated rings. The van der Waals surface area contributed by atoms with Crippen molar-refractivity contribution in [3.63, 3.8) is 0 Å². The molecule has 0 bridgehead atoms. The highest BCUT2D eigenvalue weighted by molar-refractivity contribution is 5.92. The Balaban J connectivity index is 1.33. The molecular formula is C21H23NO4. The SMILES string of the molecule is CCc1ccc(OCC(=O)Nc2ccc3c(c2)OC2(CCCC2)O3)cc1. The molecule has 4 rings (SSSR count). The summed E-state index contributed by atoms with van der Waals surface area (Å²) in [5, 5.41) is 2.84. The van der Waals surface area contributed by atoms with Crippen molar-refractivity contribution in [3.05, 3.63) is 48.0 Å². The van der Waals surface area contributed by atoms with Gasteiger partial charge in [-0.25, -0.2) is 0 Å². The maximum absolute atomic E-state index is 12.2. The topological polar surface area (TPSA) is 56.8 Å². The maximum atomic E-state index is 12.2. The van der Waals surface area contributed by atoms with Gasteiger partial charge in [0.25, 0.3) is 11.7 Å². The fraction of sp³-hybridized carbons (Fsp3) is 0.381. The maximum Gasteiger partial charge on any atom is 0.262 e. The van der Waals surface area contributed by atoms with Crippen LogP contribution in [0.15, 0.2) is 42.5 Å². The molecule has 5 nitrogen and oxygen atoms in total. The number of ether oxygens (including phenoxy) is 3. The Labute approximate surface area is 153 Å². The number of anilines is 1. The van der Waals surface area contributed by atoms with Gasteiger partial charge < -0.3 is 19.5 Å². The third kappa shape index (κ3) is 3.47. The van der Waals surface area contributed by atoms with Gasteiger partial charge in [0, 0.05) is 24.6 Å². The number of benzene rings is 2. The number of amides is 1. The molecule has 1 spiro atoms. The zero-order valence-corrected chi connectivity index (χ0v) is 14.9. The van der Waals surface area contributed by atoms with Gasteiger partial charge in [-0.05, 0) is 49.1 Å². The lowest BCUT2D eigenvalue weighted by Crippen LogP contribution is -2.34. The molecule has 2 aromatic carbocycles. The molecule has 1 aliphatic heterocycles. The minimum Gasteiger partial charge on any atom is -0.484 e. The molecule has 0 unspecified atom stereocenters. The van der Waals surface area contributed by atoms with Crippen molar-refractivity contribution in [1.82, 2.24) is 0 Å². The summed E-state index contributed by atoms with van der Waals surface area (Å²) in [4.78, 5) is 12.2. The fourth-order valence-corrected chi connectivity index (χ4v) is 3.46. The Morgan fingerprint density at radius 3 is 2.54 bits per heavy atom. The Kier molecular flexibility index (Phi) is 4.45. The first-order chi connectivity index (χ1) is 12.7. The number of hydrogen-bond acceptors (Lipinski definition) is 4. The second-order valence-electron chi connectivity index (χ2n) is 6.82. The van der Waals surface area contributed by atoms with Crippen molar-refractivity contribution < 1.29 is 19.0 Å². The van der Waals surface area contributed by atoms with E-state index in [0.717, 1.165) is 37.9 Å². The van der Waals surface area contributed by atoms with Crippen LogP contribution in [0.3, 0.4) is 0 Å². The van der Waals surface area contributed by atoms with E-state index in [9.17, 15) is 4.79 Å². The summed E-state index contributed by atoms with van der Waals surface area (Å²) in [6.07, 6.45) is 5.04. The van der Waals surface area contributed by atoms with Crippen molar-refractivity contribution >= 4 is 11.6 Å². The van der Waals surface area contributed by atoms with Gasteiger partial charge in [0.1, 0.15) is 5.75 Å². The van der Waals surface area contributed by atoms with E-state index >= 15 is 0 Å². The molecule has 26 heavy (non-hydrogen) atoms. The van der Waals surface area contributed by atoms with Crippen LogP contribution >= 0.6 is 0 Å². The number of hydrogen-bond donors (Lipinski definition) is 1. The van der Waals surface area contributed by atoms with Crippen molar-refractivity contribution in [3.8, 4) is 17.2 Å². The van der Waals surface area contributed by atoms with Crippen LogP contribution in [-0.4, -0.2) is 18.3 Å². The molecule has 0 radical (unpaired) electrons. The second kappa shape index (κ2) is 6.90. The molecule has 1 aliphatic carbocycles. The molecule has 2 aliphatic rings. The van der Waals surface area contributed by atoms with Gasteiger partial charge in [-0.2, -0.15) is 0 Å². The van der Waals surface area contributed by atoms with Crippen molar-refractivity contribution in [2.45, 2.75) is 44.8 Å². The Morgan fingerprint density at radius 2 is 1.81 bits per heavy atom. The number of fused-ring (bicyclic) bond motifs is 1. The van der Waals surface area contributed by atoms with Crippen LogP contribution in [0.4, 0.5) is 5.69 Å². The molecule has 1 amide bonds. The highest BCUT2D eigenvalue weighted by atomic mass is 16.7. The van der Waals surface area contributed by atoms with Crippen LogP contribution in [0.2, 0.25) is 0 Å². The Hall–Kier alpha value is -2.69. The average molecular weight is 353 g/mol. The van der Waals surface area contributed by atoms with Crippen LogP contribution in [0.1, 0.15) is 38.2 Å². The highest BCUT2D eigenvalue weighted by Crippen LogP contribution is 2.47. The first-order valence-electron chi connectivity index (χ1n) is 9.19. The number of carbonyl (C=O) groups excluding carboxylic acids is 1. The summed E-state index contributed by atoms with van der Waals surface area (Å²) in [5.74, 6) is 1.43.